The van der Waals surface area contributed by atoms with E-state index in [9.17, 15) is 4.79 Å². The van der Waals surface area contributed by atoms with E-state index in [4.69, 9.17) is 4.43 Å². The van der Waals surface area contributed by atoms with Crippen molar-refractivity contribution >= 4 is 25.1 Å². The first-order valence-electron chi connectivity index (χ1n) is 10.6. The molecule has 0 aliphatic carbocycles. The number of aromatic amines is 1. The van der Waals surface area contributed by atoms with Crippen LogP contribution in [0.2, 0.25) is 18.1 Å². The second-order valence-corrected chi connectivity index (χ2v) is 14.3. The predicted molar refractivity (Wildman–Crippen MR) is 124 cm³/mol. The summed E-state index contributed by atoms with van der Waals surface area (Å²) in [6, 6.07) is 10.5. The fraction of sp³-hybridized carbons (Fsp3) is 0.478. The van der Waals surface area contributed by atoms with Crippen molar-refractivity contribution in [2.45, 2.75) is 64.8 Å². The van der Waals surface area contributed by atoms with E-state index in [1.165, 1.54) is 22.9 Å². The number of benzene rings is 1. The molecular formula is C23H34N4O2Si. The molecule has 2 aromatic heterocycles. The number of para-hydroxylation sites is 1. The third-order valence-electron chi connectivity index (χ3n) is 6.25. The molecule has 0 unspecified atom stereocenters. The second kappa shape index (κ2) is 8.77. The lowest BCUT2D eigenvalue weighted by molar-refractivity contribution is 0.0909. The highest BCUT2D eigenvalue weighted by atomic mass is 28.4. The van der Waals surface area contributed by atoms with Gasteiger partial charge in [-0.15, -0.1) is 0 Å². The smallest absolute Gasteiger partial charge is 0.269 e. The molecule has 1 aromatic carbocycles. The lowest BCUT2D eigenvalue weighted by Gasteiger charge is -2.37. The van der Waals surface area contributed by atoms with Gasteiger partial charge in [0.05, 0.1) is 25.2 Å². The van der Waals surface area contributed by atoms with Crippen LogP contribution in [0.25, 0.3) is 10.9 Å². The number of carbonyl (C=O) groups excluding carboxylic acids is 1. The molecule has 3 aromatic rings. The highest BCUT2D eigenvalue weighted by molar-refractivity contribution is 6.74. The quantitative estimate of drug-likeness (QED) is 0.504. The monoisotopic (exact) mass is 426 g/mol. The minimum atomic E-state index is -1.91. The van der Waals surface area contributed by atoms with Crippen LogP contribution in [0.5, 0.6) is 0 Å². The molecular weight excluding hydrogens is 392 g/mol. The molecule has 30 heavy (non-hydrogen) atoms. The molecule has 7 heteroatoms. The minimum absolute atomic E-state index is 0.0875. The summed E-state index contributed by atoms with van der Waals surface area (Å²) in [5, 5.41) is 4.51. The number of aryl methyl sites for hydroxylation is 2. The van der Waals surface area contributed by atoms with Crippen LogP contribution >= 0.6 is 0 Å². The molecule has 0 spiro atoms. The van der Waals surface area contributed by atoms with Crippen molar-refractivity contribution < 1.29 is 9.22 Å². The first kappa shape index (κ1) is 22.3. The SMILES string of the molecule is Cc1cc2ccccc2n1CC[C@H](CO[Si](C)(C)C(C)(C)C)NC(=O)c1cnc[nH]1. The molecule has 0 fully saturated rings. The molecule has 0 bridgehead atoms. The number of aromatic nitrogens is 3. The van der Waals surface area contributed by atoms with E-state index < -0.39 is 8.32 Å². The minimum Gasteiger partial charge on any atom is -0.415 e. The Morgan fingerprint density at radius 3 is 2.70 bits per heavy atom. The van der Waals surface area contributed by atoms with Gasteiger partial charge >= 0.3 is 0 Å². The summed E-state index contributed by atoms with van der Waals surface area (Å²) in [7, 11) is -1.91. The van der Waals surface area contributed by atoms with Crippen LogP contribution < -0.4 is 5.32 Å². The van der Waals surface area contributed by atoms with Gasteiger partial charge in [-0.1, -0.05) is 39.0 Å². The summed E-state index contributed by atoms with van der Waals surface area (Å²) in [6.07, 6.45) is 3.85. The van der Waals surface area contributed by atoms with Crippen LogP contribution in [0, 0.1) is 6.92 Å². The molecule has 162 valence electrons. The van der Waals surface area contributed by atoms with Crippen molar-refractivity contribution in [1.29, 1.82) is 0 Å². The van der Waals surface area contributed by atoms with E-state index in [0.717, 1.165) is 13.0 Å². The van der Waals surface area contributed by atoms with Crippen LogP contribution in [0.1, 0.15) is 43.4 Å². The Hall–Kier alpha value is -2.38. The van der Waals surface area contributed by atoms with Crippen molar-refractivity contribution in [2.75, 3.05) is 6.61 Å². The van der Waals surface area contributed by atoms with Gasteiger partial charge in [-0.3, -0.25) is 4.79 Å². The fourth-order valence-corrected chi connectivity index (χ4v) is 4.35. The van der Waals surface area contributed by atoms with Crippen molar-refractivity contribution in [3.8, 4) is 0 Å². The Morgan fingerprint density at radius 2 is 2.03 bits per heavy atom. The predicted octanol–water partition coefficient (Wildman–Crippen LogP) is 4.88. The number of carbonyl (C=O) groups is 1. The average molecular weight is 427 g/mol. The number of hydrogen-bond acceptors (Lipinski definition) is 3. The summed E-state index contributed by atoms with van der Waals surface area (Å²) < 4.78 is 8.77. The number of nitrogens with zero attached hydrogens (tertiary/aromatic N) is 2. The number of H-pyrrole nitrogens is 1. The molecule has 0 aliphatic heterocycles. The highest BCUT2D eigenvalue weighted by Gasteiger charge is 2.37. The van der Waals surface area contributed by atoms with Crippen molar-refractivity contribution in [3.05, 3.63) is 54.2 Å². The van der Waals surface area contributed by atoms with Crippen LogP contribution in [-0.2, 0) is 11.0 Å². The Morgan fingerprint density at radius 1 is 1.30 bits per heavy atom. The van der Waals surface area contributed by atoms with Gasteiger partial charge in [0.1, 0.15) is 5.69 Å². The zero-order valence-corrected chi connectivity index (χ0v) is 20.0. The molecule has 0 radical (unpaired) electrons. The molecule has 3 rings (SSSR count). The van der Waals surface area contributed by atoms with Crippen molar-refractivity contribution in [1.82, 2.24) is 19.9 Å². The van der Waals surface area contributed by atoms with Crippen molar-refractivity contribution in [3.63, 3.8) is 0 Å². The molecule has 2 N–H and O–H groups in total. The first-order valence-corrected chi connectivity index (χ1v) is 13.5. The molecule has 1 atom stereocenters. The Labute approximate surface area is 180 Å². The van der Waals surface area contributed by atoms with E-state index in [2.05, 4.69) is 91.0 Å². The van der Waals surface area contributed by atoms with Crippen LogP contribution in [0.3, 0.4) is 0 Å². The number of fused-ring (bicyclic) bond motifs is 1. The van der Waals surface area contributed by atoms with Gasteiger partial charge in [0.2, 0.25) is 0 Å². The third-order valence-corrected chi connectivity index (χ3v) is 10.7. The molecule has 6 nitrogen and oxygen atoms in total. The maximum atomic E-state index is 12.6. The number of amides is 1. The lowest BCUT2D eigenvalue weighted by Crippen LogP contribution is -2.46. The zero-order valence-electron chi connectivity index (χ0n) is 19.0. The Bertz CT molecular complexity index is 986. The topological polar surface area (TPSA) is 71.9 Å². The van der Waals surface area contributed by atoms with Crippen LogP contribution in [-0.4, -0.2) is 41.4 Å². The standard InChI is InChI=1S/C23H34N4O2Si/c1-17-13-18-9-7-8-10-21(18)27(17)12-11-19(15-29-30(5,6)23(2,3)4)26-22(28)20-14-24-16-25-20/h7-10,13-14,16,19H,11-12,15H2,1-6H3,(H,24,25)(H,26,28)/t19-/m1/s1. The van der Waals surface area contributed by atoms with Gasteiger partial charge in [0, 0.05) is 17.8 Å². The Balaban J connectivity index is 1.74. The summed E-state index contributed by atoms with van der Waals surface area (Å²) in [5.41, 5.74) is 2.91. The van der Waals surface area contributed by atoms with Gasteiger partial charge < -0.3 is 19.3 Å². The average Bonchev–Trinajstić information content (AvgIpc) is 3.30. The summed E-state index contributed by atoms with van der Waals surface area (Å²) >= 11 is 0. The summed E-state index contributed by atoms with van der Waals surface area (Å²) in [5.74, 6) is -0.148. The number of imidazole rings is 1. The maximum absolute atomic E-state index is 12.6. The number of rotatable bonds is 8. The van der Waals surface area contributed by atoms with Gasteiger partial charge in [0.25, 0.3) is 5.91 Å². The van der Waals surface area contributed by atoms with Crippen molar-refractivity contribution in [2.24, 2.45) is 0 Å². The van der Waals surface area contributed by atoms with E-state index in [1.54, 1.807) is 6.20 Å². The van der Waals surface area contributed by atoms with E-state index in [0.29, 0.717) is 12.3 Å². The molecule has 0 saturated heterocycles. The van der Waals surface area contributed by atoms with Gasteiger partial charge in [-0.05, 0) is 49.0 Å². The van der Waals surface area contributed by atoms with Gasteiger partial charge in [0.15, 0.2) is 8.32 Å². The van der Waals surface area contributed by atoms with Gasteiger partial charge in [-0.2, -0.15) is 0 Å². The third kappa shape index (κ3) is 5.02. The summed E-state index contributed by atoms with van der Waals surface area (Å²) in [4.78, 5) is 19.5. The lowest BCUT2D eigenvalue weighted by atomic mass is 10.2. The number of hydrogen-bond donors (Lipinski definition) is 2. The zero-order chi connectivity index (χ0) is 21.9. The van der Waals surface area contributed by atoms with Crippen LogP contribution in [0.15, 0.2) is 42.9 Å². The maximum Gasteiger partial charge on any atom is 0.269 e. The van der Waals surface area contributed by atoms with E-state index in [1.807, 2.05) is 0 Å². The van der Waals surface area contributed by atoms with E-state index >= 15 is 0 Å². The molecule has 2 heterocycles. The normalized spacial score (nSPS) is 13.5. The number of nitrogens with one attached hydrogen (secondary N) is 2. The largest absolute Gasteiger partial charge is 0.415 e. The highest BCUT2D eigenvalue weighted by Crippen LogP contribution is 2.36. The van der Waals surface area contributed by atoms with Crippen LogP contribution in [0.4, 0.5) is 0 Å². The fourth-order valence-electron chi connectivity index (χ4n) is 3.30. The van der Waals surface area contributed by atoms with Gasteiger partial charge in [-0.25, -0.2) is 4.98 Å². The molecule has 0 saturated carbocycles. The van der Waals surface area contributed by atoms with E-state index in [-0.39, 0.29) is 17.0 Å². The molecule has 1 amide bonds. The Kier molecular flexibility index (Phi) is 6.52. The second-order valence-electron chi connectivity index (χ2n) is 9.49. The molecule has 0 aliphatic rings. The first-order chi connectivity index (χ1) is 14.1. The summed E-state index contributed by atoms with van der Waals surface area (Å²) in [6.45, 7) is 14.6.